The first kappa shape index (κ1) is 18.8. The lowest BCUT2D eigenvalue weighted by atomic mass is 10.4. The monoisotopic (exact) mass is 432 g/mol. The molecule has 22 heavy (non-hydrogen) atoms. The van der Waals surface area contributed by atoms with Crippen LogP contribution in [0.5, 0.6) is 0 Å². The van der Waals surface area contributed by atoms with Crippen molar-refractivity contribution in [2.75, 3.05) is 14.1 Å². The Morgan fingerprint density at radius 1 is 1.32 bits per heavy atom. The van der Waals surface area contributed by atoms with Gasteiger partial charge in [0.1, 0.15) is 5.82 Å². The molecule has 0 spiro atoms. The number of rotatable bonds is 4. The zero-order valence-corrected chi connectivity index (χ0v) is 16.3. The molecule has 0 bridgehead atoms. The van der Waals surface area contributed by atoms with E-state index in [-0.39, 0.29) is 24.0 Å². The topological polar surface area (TPSA) is 66.3 Å². The van der Waals surface area contributed by atoms with E-state index >= 15 is 0 Å². The lowest BCUT2D eigenvalue weighted by molar-refractivity contribution is 0.470. The van der Waals surface area contributed by atoms with Gasteiger partial charge in [-0.25, -0.2) is 15.0 Å². The van der Waals surface area contributed by atoms with Crippen molar-refractivity contribution in [1.82, 2.24) is 25.2 Å². The summed E-state index contributed by atoms with van der Waals surface area (Å²) < 4.78 is 0. The minimum absolute atomic E-state index is 0. The normalized spacial score (nSPS) is 11.0. The Bertz CT molecular complexity index is 627. The second kappa shape index (κ2) is 8.99. The summed E-state index contributed by atoms with van der Waals surface area (Å²) in [7, 11) is 3.77. The molecule has 2 rings (SSSR count). The minimum atomic E-state index is 0. The quantitative estimate of drug-likeness (QED) is 0.457. The number of guanidine groups is 1. The number of hydrogen-bond donors (Lipinski definition) is 1. The number of hydrogen-bond acceptors (Lipinski definition) is 5. The molecule has 2 aromatic rings. The first-order valence-corrected chi connectivity index (χ1v) is 7.57. The van der Waals surface area contributed by atoms with Crippen LogP contribution in [0.4, 0.5) is 0 Å². The molecule has 0 aliphatic rings. The fourth-order valence-corrected chi connectivity index (χ4v) is 2.56. The van der Waals surface area contributed by atoms with E-state index in [1.54, 1.807) is 24.6 Å². The number of aryl methyl sites for hydroxylation is 2. The SMILES string of the molecule is CN=C(NCc1ccnc(C)n1)N(C)Cc1csc(C)n1.I. The molecule has 1 N–H and O–H groups in total. The number of nitrogens with zero attached hydrogens (tertiary/aromatic N) is 5. The van der Waals surface area contributed by atoms with Crippen molar-refractivity contribution < 1.29 is 0 Å². The summed E-state index contributed by atoms with van der Waals surface area (Å²) in [5.41, 5.74) is 2.00. The second-order valence-corrected chi connectivity index (χ2v) is 5.77. The Hall–Kier alpha value is -1.29. The fourth-order valence-electron chi connectivity index (χ4n) is 1.96. The van der Waals surface area contributed by atoms with Crippen LogP contribution >= 0.6 is 35.3 Å². The summed E-state index contributed by atoms with van der Waals surface area (Å²) in [5.74, 6) is 1.59. The molecule has 8 heteroatoms. The van der Waals surface area contributed by atoms with Crippen LogP contribution in [0.2, 0.25) is 0 Å². The highest BCUT2D eigenvalue weighted by Gasteiger charge is 2.08. The molecular formula is C14H21IN6S. The van der Waals surface area contributed by atoms with Crippen molar-refractivity contribution in [2.45, 2.75) is 26.9 Å². The molecule has 0 radical (unpaired) electrons. The molecule has 0 saturated carbocycles. The van der Waals surface area contributed by atoms with E-state index in [4.69, 9.17) is 0 Å². The van der Waals surface area contributed by atoms with Crippen molar-refractivity contribution >= 4 is 41.3 Å². The maximum absolute atomic E-state index is 4.47. The van der Waals surface area contributed by atoms with E-state index in [0.717, 1.165) is 34.7 Å². The standard InChI is InChI=1S/C14H20N6S.HI/c1-10-16-6-5-12(18-10)7-17-14(15-3)20(4)8-13-9-21-11(2)19-13;/h5-6,9H,7-8H2,1-4H3,(H,15,17);1H. The molecule has 120 valence electrons. The molecule has 0 aliphatic carbocycles. The zero-order chi connectivity index (χ0) is 15.2. The van der Waals surface area contributed by atoms with Gasteiger partial charge in [-0.2, -0.15) is 0 Å². The highest BCUT2D eigenvalue weighted by atomic mass is 127. The van der Waals surface area contributed by atoms with E-state index in [0.29, 0.717) is 6.54 Å². The Labute approximate surface area is 152 Å². The van der Waals surface area contributed by atoms with E-state index in [9.17, 15) is 0 Å². The summed E-state index contributed by atoms with van der Waals surface area (Å²) in [6.45, 7) is 5.25. The highest BCUT2D eigenvalue weighted by Crippen LogP contribution is 2.09. The Morgan fingerprint density at radius 2 is 2.09 bits per heavy atom. The van der Waals surface area contributed by atoms with Crippen molar-refractivity contribution in [3.05, 3.63) is 39.9 Å². The van der Waals surface area contributed by atoms with Crippen LogP contribution in [0.3, 0.4) is 0 Å². The molecule has 0 atom stereocenters. The Kier molecular flexibility index (Phi) is 7.66. The molecule has 0 saturated heterocycles. The van der Waals surface area contributed by atoms with Crippen molar-refractivity contribution in [3.63, 3.8) is 0 Å². The van der Waals surface area contributed by atoms with Gasteiger partial charge in [0.25, 0.3) is 0 Å². The molecule has 0 aliphatic heterocycles. The summed E-state index contributed by atoms with van der Waals surface area (Å²) >= 11 is 1.66. The number of aromatic nitrogens is 3. The number of aliphatic imine (C=N–C) groups is 1. The predicted octanol–water partition coefficient (Wildman–Crippen LogP) is 2.38. The van der Waals surface area contributed by atoms with Gasteiger partial charge in [-0.1, -0.05) is 0 Å². The summed E-state index contributed by atoms with van der Waals surface area (Å²) in [6, 6.07) is 1.90. The first-order chi connectivity index (χ1) is 10.1. The summed E-state index contributed by atoms with van der Waals surface area (Å²) in [5, 5.41) is 6.46. The number of nitrogens with one attached hydrogen (secondary N) is 1. The average molecular weight is 432 g/mol. The maximum Gasteiger partial charge on any atom is 0.194 e. The van der Waals surface area contributed by atoms with Crippen molar-refractivity contribution in [2.24, 2.45) is 4.99 Å². The lowest BCUT2D eigenvalue weighted by Gasteiger charge is -2.21. The van der Waals surface area contributed by atoms with Crippen LogP contribution in [0.1, 0.15) is 22.2 Å². The summed E-state index contributed by atoms with van der Waals surface area (Å²) in [4.78, 5) is 19.3. The molecule has 6 nitrogen and oxygen atoms in total. The smallest absolute Gasteiger partial charge is 0.194 e. The van der Waals surface area contributed by atoms with Gasteiger partial charge < -0.3 is 10.2 Å². The van der Waals surface area contributed by atoms with Gasteiger partial charge in [0.05, 0.1) is 29.5 Å². The third kappa shape index (κ3) is 5.48. The van der Waals surface area contributed by atoms with E-state index in [1.807, 2.05) is 31.9 Å². The third-order valence-corrected chi connectivity index (χ3v) is 3.72. The third-order valence-electron chi connectivity index (χ3n) is 2.90. The maximum atomic E-state index is 4.47. The molecular weight excluding hydrogens is 411 g/mol. The largest absolute Gasteiger partial charge is 0.351 e. The van der Waals surface area contributed by atoms with Crippen molar-refractivity contribution in [3.8, 4) is 0 Å². The van der Waals surface area contributed by atoms with Gasteiger partial charge in [-0.15, -0.1) is 35.3 Å². The predicted molar refractivity (Wildman–Crippen MR) is 101 cm³/mol. The van der Waals surface area contributed by atoms with E-state index in [2.05, 4.69) is 30.6 Å². The van der Waals surface area contributed by atoms with Gasteiger partial charge in [0, 0.05) is 25.7 Å². The minimum Gasteiger partial charge on any atom is -0.351 e. The highest BCUT2D eigenvalue weighted by molar-refractivity contribution is 14.0. The zero-order valence-electron chi connectivity index (χ0n) is 13.2. The molecule has 2 aromatic heterocycles. The molecule has 0 aromatic carbocycles. The van der Waals surface area contributed by atoms with Crippen LogP contribution in [-0.4, -0.2) is 39.9 Å². The van der Waals surface area contributed by atoms with Crippen LogP contribution in [0.15, 0.2) is 22.6 Å². The molecule has 2 heterocycles. The van der Waals surface area contributed by atoms with E-state index < -0.39 is 0 Å². The van der Waals surface area contributed by atoms with Crippen LogP contribution in [0.25, 0.3) is 0 Å². The molecule has 0 unspecified atom stereocenters. The van der Waals surface area contributed by atoms with Crippen LogP contribution in [0, 0.1) is 13.8 Å². The molecule has 0 amide bonds. The van der Waals surface area contributed by atoms with E-state index in [1.165, 1.54) is 0 Å². The first-order valence-electron chi connectivity index (χ1n) is 6.70. The van der Waals surface area contributed by atoms with Gasteiger partial charge in [-0.05, 0) is 19.9 Å². The van der Waals surface area contributed by atoms with Crippen LogP contribution < -0.4 is 5.32 Å². The Morgan fingerprint density at radius 3 is 2.68 bits per heavy atom. The summed E-state index contributed by atoms with van der Waals surface area (Å²) in [6.07, 6.45) is 1.77. The van der Waals surface area contributed by atoms with Crippen molar-refractivity contribution in [1.29, 1.82) is 0 Å². The Balaban J connectivity index is 0.00000242. The van der Waals surface area contributed by atoms with Gasteiger partial charge in [0.15, 0.2) is 5.96 Å². The average Bonchev–Trinajstić information content (AvgIpc) is 2.85. The number of halogens is 1. The van der Waals surface area contributed by atoms with Crippen LogP contribution in [-0.2, 0) is 13.1 Å². The second-order valence-electron chi connectivity index (χ2n) is 4.71. The van der Waals surface area contributed by atoms with Gasteiger partial charge in [0.2, 0.25) is 0 Å². The number of thiazole rings is 1. The van der Waals surface area contributed by atoms with Gasteiger partial charge in [-0.3, -0.25) is 4.99 Å². The lowest BCUT2D eigenvalue weighted by Crippen LogP contribution is -2.38. The van der Waals surface area contributed by atoms with Gasteiger partial charge >= 0.3 is 0 Å². The fraction of sp³-hybridized carbons (Fsp3) is 0.429. The molecule has 0 fully saturated rings.